The second kappa shape index (κ2) is 7.05. The molecule has 7 nitrogen and oxygen atoms in total. The third-order valence-electron chi connectivity index (χ3n) is 4.53. The predicted molar refractivity (Wildman–Crippen MR) is 93.5 cm³/mol. The van der Waals surface area contributed by atoms with Crippen LogP contribution >= 0.6 is 11.3 Å². The van der Waals surface area contributed by atoms with Crippen LogP contribution in [-0.4, -0.2) is 35.2 Å². The van der Waals surface area contributed by atoms with E-state index in [4.69, 9.17) is 9.47 Å². The van der Waals surface area contributed by atoms with Gasteiger partial charge in [-0.2, -0.15) is 0 Å². The van der Waals surface area contributed by atoms with Gasteiger partial charge in [0.1, 0.15) is 22.6 Å². The molecule has 1 fully saturated rings. The first kappa shape index (κ1) is 17.0. The van der Waals surface area contributed by atoms with Gasteiger partial charge in [0.05, 0.1) is 6.61 Å². The molecular formula is C18H18N2O5S. The number of ether oxygens (including phenoxy) is 2. The number of nitrogens with zero attached hydrogens (tertiary/aromatic N) is 1. The van der Waals surface area contributed by atoms with Gasteiger partial charge in [-0.3, -0.25) is 4.79 Å². The Kier molecular flexibility index (Phi) is 4.60. The summed E-state index contributed by atoms with van der Waals surface area (Å²) in [6, 6.07) is 4.06. The van der Waals surface area contributed by atoms with Crippen LogP contribution in [0, 0.1) is 0 Å². The summed E-state index contributed by atoms with van der Waals surface area (Å²) >= 11 is 1.36. The van der Waals surface area contributed by atoms with Gasteiger partial charge in [0.15, 0.2) is 6.04 Å². The number of carbonyl (C=O) groups is 2. The van der Waals surface area contributed by atoms with Gasteiger partial charge < -0.3 is 19.9 Å². The summed E-state index contributed by atoms with van der Waals surface area (Å²) in [5, 5.41) is 14.5. The molecule has 0 saturated carbocycles. The zero-order valence-corrected chi connectivity index (χ0v) is 14.8. The minimum absolute atomic E-state index is 0.0615. The van der Waals surface area contributed by atoms with Crippen LogP contribution in [0.25, 0.3) is 0 Å². The lowest BCUT2D eigenvalue weighted by Gasteiger charge is -2.15. The van der Waals surface area contributed by atoms with E-state index < -0.39 is 17.9 Å². The average Bonchev–Trinajstić information content (AvgIpc) is 3.39. The largest absolute Gasteiger partial charge is 0.493 e. The number of hydrogen-bond acceptors (Lipinski definition) is 6. The lowest BCUT2D eigenvalue weighted by atomic mass is 10.0. The van der Waals surface area contributed by atoms with E-state index in [1.165, 1.54) is 11.3 Å². The van der Waals surface area contributed by atoms with Gasteiger partial charge in [-0.25, -0.2) is 9.78 Å². The monoisotopic (exact) mass is 374 g/mol. The van der Waals surface area contributed by atoms with E-state index in [1.54, 1.807) is 23.6 Å². The molecule has 8 heteroatoms. The molecule has 2 unspecified atom stereocenters. The molecule has 1 amide bonds. The van der Waals surface area contributed by atoms with Crippen molar-refractivity contribution < 1.29 is 24.2 Å². The molecule has 0 bridgehead atoms. The molecule has 0 aliphatic carbocycles. The van der Waals surface area contributed by atoms with E-state index in [9.17, 15) is 14.7 Å². The maximum atomic E-state index is 12.5. The van der Waals surface area contributed by atoms with Gasteiger partial charge in [-0.05, 0) is 36.1 Å². The van der Waals surface area contributed by atoms with Gasteiger partial charge >= 0.3 is 5.97 Å². The topological polar surface area (TPSA) is 97.8 Å². The maximum absolute atomic E-state index is 12.5. The van der Waals surface area contributed by atoms with Crippen molar-refractivity contribution in [1.82, 2.24) is 10.3 Å². The molecule has 26 heavy (non-hydrogen) atoms. The molecule has 3 heterocycles. The second-order valence-corrected chi connectivity index (χ2v) is 7.17. The first-order chi connectivity index (χ1) is 12.6. The minimum atomic E-state index is -1.14. The average molecular weight is 374 g/mol. The van der Waals surface area contributed by atoms with Crippen molar-refractivity contribution in [3.63, 3.8) is 0 Å². The summed E-state index contributed by atoms with van der Waals surface area (Å²) in [5.41, 5.74) is 1.69. The third kappa shape index (κ3) is 3.30. The Morgan fingerprint density at radius 2 is 2.23 bits per heavy atom. The summed E-state index contributed by atoms with van der Waals surface area (Å²) in [5.74, 6) is -0.855. The molecule has 4 rings (SSSR count). The van der Waals surface area contributed by atoms with Crippen molar-refractivity contribution in [1.29, 1.82) is 0 Å². The molecular weight excluding hydrogens is 356 g/mol. The molecule has 0 radical (unpaired) electrons. The number of benzene rings is 1. The van der Waals surface area contributed by atoms with Crippen LogP contribution in [0.1, 0.15) is 51.6 Å². The maximum Gasteiger partial charge on any atom is 0.330 e. The van der Waals surface area contributed by atoms with Crippen LogP contribution in [0.5, 0.6) is 5.75 Å². The molecule has 1 saturated heterocycles. The Morgan fingerprint density at radius 1 is 1.35 bits per heavy atom. The van der Waals surface area contributed by atoms with Crippen molar-refractivity contribution in [2.75, 3.05) is 13.2 Å². The van der Waals surface area contributed by atoms with Crippen molar-refractivity contribution in [2.45, 2.75) is 31.4 Å². The number of aromatic nitrogens is 1. The number of carboxylic acids is 1. The predicted octanol–water partition coefficient (Wildman–Crippen LogP) is 2.49. The Balaban J connectivity index is 1.51. The Morgan fingerprint density at radius 3 is 3.00 bits per heavy atom. The number of thiazole rings is 1. The van der Waals surface area contributed by atoms with Gasteiger partial charge in [-0.1, -0.05) is 6.07 Å². The quantitative estimate of drug-likeness (QED) is 0.834. The zero-order chi connectivity index (χ0) is 18.1. The number of fused-ring (bicyclic) bond motifs is 1. The molecule has 2 N–H and O–H groups in total. The summed E-state index contributed by atoms with van der Waals surface area (Å²) in [4.78, 5) is 28.5. The summed E-state index contributed by atoms with van der Waals surface area (Å²) in [7, 11) is 0. The fraction of sp³-hybridized carbons (Fsp3) is 0.389. The van der Waals surface area contributed by atoms with Crippen molar-refractivity contribution in [2.24, 2.45) is 0 Å². The lowest BCUT2D eigenvalue weighted by molar-refractivity contribution is -0.139. The number of carbonyl (C=O) groups excluding carboxylic acids is 1. The second-order valence-electron chi connectivity index (χ2n) is 6.28. The molecule has 0 spiro atoms. The SMILES string of the molecule is O=C(NC(C(=O)O)c1ccc2c(c1)CCO2)c1csc(C2CCCO2)n1. The molecule has 2 aliphatic rings. The fourth-order valence-electron chi connectivity index (χ4n) is 3.19. The molecule has 2 aliphatic heterocycles. The highest BCUT2D eigenvalue weighted by atomic mass is 32.1. The smallest absolute Gasteiger partial charge is 0.330 e. The van der Waals surface area contributed by atoms with Crippen LogP contribution in [0.2, 0.25) is 0 Å². The van der Waals surface area contributed by atoms with E-state index in [0.29, 0.717) is 18.8 Å². The number of hydrogen-bond donors (Lipinski definition) is 2. The lowest BCUT2D eigenvalue weighted by Crippen LogP contribution is -2.34. The number of carboxylic acid groups (broad SMARTS) is 1. The Hall–Kier alpha value is -2.45. The van der Waals surface area contributed by atoms with E-state index in [1.807, 2.05) is 0 Å². The van der Waals surface area contributed by atoms with Crippen LogP contribution in [0.4, 0.5) is 0 Å². The minimum Gasteiger partial charge on any atom is -0.493 e. The van der Waals surface area contributed by atoms with Gasteiger partial charge in [0.2, 0.25) is 0 Å². The van der Waals surface area contributed by atoms with E-state index in [2.05, 4.69) is 10.3 Å². The molecule has 2 aromatic rings. The van der Waals surface area contributed by atoms with Crippen LogP contribution in [-0.2, 0) is 16.0 Å². The van der Waals surface area contributed by atoms with Crippen molar-refractivity contribution in [3.8, 4) is 5.75 Å². The highest BCUT2D eigenvalue weighted by Crippen LogP contribution is 2.31. The van der Waals surface area contributed by atoms with Gasteiger partial charge in [-0.15, -0.1) is 11.3 Å². The van der Waals surface area contributed by atoms with Crippen LogP contribution in [0.3, 0.4) is 0 Å². The third-order valence-corrected chi connectivity index (χ3v) is 5.47. The fourth-order valence-corrected chi connectivity index (χ4v) is 4.07. The highest BCUT2D eigenvalue weighted by molar-refractivity contribution is 7.09. The van der Waals surface area contributed by atoms with Crippen LogP contribution < -0.4 is 10.1 Å². The summed E-state index contributed by atoms with van der Waals surface area (Å²) in [6.07, 6.45) is 2.55. The number of aliphatic carboxylic acids is 1. The summed E-state index contributed by atoms with van der Waals surface area (Å²) in [6.45, 7) is 1.29. The normalized spacial score (nSPS) is 19.6. The van der Waals surface area contributed by atoms with Gasteiger partial charge in [0.25, 0.3) is 5.91 Å². The van der Waals surface area contributed by atoms with Crippen molar-refractivity contribution >= 4 is 23.2 Å². The van der Waals surface area contributed by atoms with Gasteiger partial charge in [0, 0.05) is 18.4 Å². The summed E-state index contributed by atoms with van der Waals surface area (Å²) < 4.78 is 11.0. The first-order valence-electron chi connectivity index (χ1n) is 8.48. The van der Waals surface area contributed by atoms with Crippen molar-refractivity contribution in [3.05, 3.63) is 45.4 Å². The Labute approximate surface area is 154 Å². The zero-order valence-electron chi connectivity index (χ0n) is 13.9. The number of amides is 1. The van der Waals surface area contributed by atoms with E-state index in [-0.39, 0.29) is 11.8 Å². The number of rotatable bonds is 5. The number of nitrogens with one attached hydrogen (secondary N) is 1. The van der Waals surface area contributed by atoms with E-state index in [0.717, 1.165) is 35.6 Å². The van der Waals surface area contributed by atoms with Crippen LogP contribution in [0.15, 0.2) is 23.6 Å². The first-order valence-corrected chi connectivity index (χ1v) is 9.36. The van der Waals surface area contributed by atoms with E-state index >= 15 is 0 Å². The molecule has 1 aromatic carbocycles. The molecule has 136 valence electrons. The molecule has 1 aromatic heterocycles. The highest BCUT2D eigenvalue weighted by Gasteiger charge is 2.27. The molecule has 2 atom stereocenters. The standard InChI is InChI=1S/C18H18N2O5S/c21-16(12-9-26-17(19-12)14-2-1-6-24-14)20-15(18(22)23)11-3-4-13-10(8-11)5-7-25-13/h3-4,8-9,14-15H,1-2,5-7H2,(H,20,21)(H,22,23). The Bertz CT molecular complexity index is 844.